The Kier molecular flexibility index (Phi) is 4.91. The molecule has 5 rings (SSSR count). The molecule has 0 aliphatic rings. The average Bonchev–Trinajstić information content (AvgIpc) is 3.19. The van der Waals surface area contributed by atoms with Crippen LogP contribution in [0.25, 0.3) is 33.7 Å². The molecular weight excluding hydrogens is 409 g/mol. The Morgan fingerprint density at radius 1 is 0.969 bits per heavy atom. The van der Waals surface area contributed by atoms with Gasteiger partial charge in [-0.1, -0.05) is 18.2 Å². The van der Waals surface area contributed by atoms with Crippen molar-refractivity contribution in [2.75, 3.05) is 12.8 Å². The van der Waals surface area contributed by atoms with Crippen LogP contribution in [0.2, 0.25) is 0 Å². The van der Waals surface area contributed by atoms with Gasteiger partial charge in [0, 0.05) is 35.0 Å². The molecule has 0 bridgehead atoms. The molecule has 5 aromatic rings. The molecule has 0 atom stereocenters. The van der Waals surface area contributed by atoms with Gasteiger partial charge in [0.2, 0.25) is 5.88 Å². The van der Waals surface area contributed by atoms with Gasteiger partial charge >= 0.3 is 0 Å². The lowest BCUT2D eigenvalue weighted by Crippen LogP contribution is -2.05. The monoisotopic (exact) mass is 427 g/mol. The number of nitrogen functional groups attached to an aromatic ring is 1. The molecule has 4 aromatic heterocycles. The quantitative estimate of drug-likeness (QED) is 0.456. The van der Waals surface area contributed by atoms with Crippen LogP contribution in [-0.4, -0.2) is 36.8 Å². The van der Waals surface area contributed by atoms with E-state index in [1.165, 1.54) is 6.07 Å². The molecule has 0 unspecified atom stereocenters. The molecule has 0 saturated heterocycles. The van der Waals surface area contributed by atoms with Gasteiger partial charge < -0.3 is 10.5 Å². The van der Waals surface area contributed by atoms with Crippen molar-refractivity contribution in [3.05, 3.63) is 78.5 Å². The fourth-order valence-electron chi connectivity index (χ4n) is 3.48. The molecule has 0 saturated carbocycles. The molecule has 8 nitrogen and oxygen atoms in total. The highest BCUT2D eigenvalue weighted by atomic mass is 19.1. The molecule has 158 valence electrons. The van der Waals surface area contributed by atoms with Gasteiger partial charge in [0.15, 0.2) is 11.5 Å². The Bertz CT molecular complexity index is 1420. The van der Waals surface area contributed by atoms with Crippen LogP contribution in [-0.2, 0) is 6.54 Å². The van der Waals surface area contributed by atoms with E-state index in [-0.39, 0.29) is 18.2 Å². The lowest BCUT2D eigenvalue weighted by Gasteiger charge is -2.06. The summed E-state index contributed by atoms with van der Waals surface area (Å²) in [5.41, 5.74) is 9.66. The summed E-state index contributed by atoms with van der Waals surface area (Å²) in [5.74, 6) is 0.446. The maximum Gasteiger partial charge on any atom is 0.212 e. The Labute approximate surface area is 182 Å². The van der Waals surface area contributed by atoms with Crippen molar-refractivity contribution in [1.29, 1.82) is 0 Å². The van der Waals surface area contributed by atoms with Gasteiger partial charge in [-0.2, -0.15) is 5.10 Å². The molecule has 4 heterocycles. The lowest BCUT2D eigenvalue weighted by atomic mass is 10.2. The largest absolute Gasteiger partial charge is 0.481 e. The predicted octanol–water partition coefficient (Wildman–Crippen LogP) is 3.73. The van der Waals surface area contributed by atoms with E-state index in [0.29, 0.717) is 34.2 Å². The maximum atomic E-state index is 14.2. The summed E-state index contributed by atoms with van der Waals surface area (Å²) in [6.45, 7) is 0.235. The number of hydrogen-bond acceptors (Lipinski definition) is 7. The first-order valence-electron chi connectivity index (χ1n) is 9.82. The molecule has 0 spiro atoms. The van der Waals surface area contributed by atoms with E-state index >= 15 is 0 Å². The summed E-state index contributed by atoms with van der Waals surface area (Å²) in [4.78, 5) is 17.6. The highest BCUT2D eigenvalue weighted by Gasteiger charge is 2.17. The number of fused-ring (bicyclic) bond motifs is 1. The normalized spacial score (nSPS) is 11.1. The van der Waals surface area contributed by atoms with Crippen LogP contribution in [0.1, 0.15) is 5.56 Å². The third kappa shape index (κ3) is 3.49. The molecule has 0 amide bonds. The van der Waals surface area contributed by atoms with Gasteiger partial charge in [-0.15, -0.1) is 0 Å². The minimum atomic E-state index is -0.296. The maximum absolute atomic E-state index is 14.2. The van der Waals surface area contributed by atoms with Crippen molar-refractivity contribution in [3.63, 3.8) is 0 Å². The van der Waals surface area contributed by atoms with Gasteiger partial charge in [0.25, 0.3) is 0 Å². The van der Waals surface area contributed by atoms with Gasteiger partial charge in [0.05, 0.1) is 19.9 Å². The van der Waals surface area contributed by atoms with Gasteiger partial charge in [-0.25, -0.2) is 29.0 Å². The molecule has 32 heavy (non-hydrogen) atoms. The molecule has 0 aliphatic carbocycles. The zero-order valence-electron chi connectivity index (χ0n) is 17.1. The number of benzene rings is 1. The fraction of sp³-hybridized carbons (Fsp3) is 0.0870. The number of methoxy groups -OCH3 is 1. The molecule has 0 aliphatic heterocycles. The summed E-state index contributed by atoms with van der Waals surface area (Å²) in [6, 6.07) is 13.8. The number of aromatic nitrogens is 6. The first-order chi connectivity index (χ1) is 15.6. The highest BCUT2D eigenvalue weighted by Crippen LogP contribution is 2.29. The summed E-state index contributed by atoms with van der Waals surface area (Å²) in [5, 5.41) is 5.44. The van der Waals surface area contributed by atoms with Crippen LogP contribution in [0.4, 0.5) is 10.2 Å². The van der Waals surface area contributed by atoms with Gasteiger partial charge in [-0.3, -0.25) is 0 Å². The van der Waals surface area contributed by atoms with E-state index in [2.05, 4.69) is 25.0 Å². The highest BCUT2D eigenvalue weighted by molar-refractivity contribution is 5.90. The number of ether oxygens (including phenoxy) is 1. The minimum Gasteiger partial charge on any atom is -0.481 e. The van der Waals surface area contributed by atoms with Crippen LogP contribution >= 0.6 is 0 Å². The summed E-state index contributed by atoms with van der Waals surface area (Å²) < 4.78 is 20.9. The Balaban J connectivity index is 1.56. The van der Waals surface area contributed by atoms with E-state index in [1.807, 2.05) is 18.2 Å². The van der Waals surface area contributed by atoms with E-state index in [1.54, 1.807) is 54.6 Å². The van der Waals surface area contributed by atoms with Crippen molar-refractivity contribution in [2.24, 2.45) is 0 Å². The first-order valence-corrected chi connectivity index (χ1v) is 9.82. The molecular formula is C23H18FN7O. The molecule has 0 fully saturated rings. The average molecular weight is 427 g/mol. The second-order valence-corrected chi connectivity index (χ2v) is 7.05. The number of pyridine rings is 2. The lowest BCUT2D eigenvalue weighted by molar-refractivity contribution is 0.398. The number of halogens is 1. The first kappa shape index (κ1) is 19.6. The molecule has 9 heteroatoms. The standard InChI is InChI=1S/C23H18FN7O/c1-32-19-9-8-14(11-27-19)20-22(25)29-18(12-28-20)21-16-6-4-10-26-23(16)31(30-21)13-15-5-2-3-7-17(15)24/h2-12H,13H2,1H3,(H2,25,29). The second-order valence-electron chi connectivity index (χ2n) is 7.05. The SMILES string of the molecule is COc1ccc(-c2ncc(-c3nn(Cc4ccccc4F)c4ncccc34)nc2N)cn1. The van der Waals surface area contributed by atoms with Crippen molar-refractivity contribution in [1.82, 2.24) is 29.7 Å². The molecule has 1 aromatic carbocycles. The second kappa shape index (κ2) is 8.03. The van der Waals surface area contributed by atoms with E-state index < -0.39 is 0 Å². The Morgan fingerprint density at radius 3 is 2.59 bits per heavy atom. The van der Waals surface area contributed by atoms with Crippen molar-refractivity contribution < 1.29 is 9.13 Å². The number of anilines is 1. The van der Waals surface area contributed by atoms with Crippen molar-refractivity contribution in [2.45, 2.75) is 6.54 Å². The van der Waals surface area contributed by atoms with Crippen LogP contribution in [0, 0.1) is 5.82 Å². The number of nitrogens with two attached hydrogens (primary N) is 1. The Morgan fingerprint density at radius 2 is 1.84 bits per heavy atom. The minimum absolute atomic E-state index is 0.235. The zero-order valence-corrected chi connectivity index (χ0v) is 17.1. The van der Waals surface area contributed by atoms with E-state index in [4.69, 9.17) is 10.5 Å². The third-order valence-corrected chi connectivity index (χ3v) is 5.05. The van der Waals surface area contributed by atoms with Crippen molar-refractivity contribution >= 4 is 16.9 Å². The molecule has 2 N–H and O–H groups in total. The van der Waals surface area contributed by atoms with Crippen LogP contribution in [0.3, 0.4) is 0 Å². The summed E-state index contributed by atoms with van der Waals surface area (Å²) in [7, 11) is 1.55. The number of nitrogens with zero attached hydrogens (tertiary/aromatic N) is 6. The Hall–Kier alpha value is -4.40. The molecule has 0 radical (unpaired) electrons. The fourth-order valence-corrected chi connectivity index (χ4v) is 3.48. The number of rotatable bonds is 5. The zero-order chi connectivity index (χ0) is 22.1. The smallest absolute Gasteiger partial charge is 0.212 e. The van der Waals surface area contributed by atoms with Crippen LogP contribution in [0.5, 0.6) is 5.88 Å². The summed E-state index contributed by atoms with van der Waals surface area (Å²) in [6.07, 6.45) is 4.91. The topological polar surface area (TPSA) is 105 Å². The predicted molar refractivity (Wildman–Crippen MR) is 118 cm³/mol. The van der Waals surface area contributed by atoms with Gasteiger partial charge in [0.1, 0.15) is 22.9 Å². The summed E-state index contributed by atoms with van der Waals surface area (Å²) >= 11 is 0. The van der Waals surface area contributed by atoms with Crippen LogP contribution < -0.4 is 10.5 Å². The third-order valence-electron chi connectivity index (χ3n) is 5.05. The van der Waals surface area contributed by atoms with Gasteiger partial charge in [-0.05, 0) is 24.3 Å². The number of hydrogen-bond donors (Lipinski definition) is 1. The van der Waals surface area contributed by atoms with Crippen LogP contribution in [0.15, 0.2) is 67.1 Å². The van der Waals surface area contributed by atoms with E-state index in [9.17, 15) is 4.39 Å². The van der Waals surface area contributed by atoms with Crippen molar-refractivity contribution in [3.8, 4) is 28.5 Å². The van der Waals surface area contributed by atoms with E-state index in [0.717, 1.165) is 10.9 Å².